The van der Waals surface area contributed by atoms with Gasteiger partial charge in [-0.1, -0.05) is 6.92 Å². The summed E-state index contributed by atoms with van der Waals surface area (Å²) in [6, 6.07) is 0. The van der Waals surface area contributed by atoms with E-state index in [4.69, 9.17) is 0 Å². The zero-order valence-electron chi connectivity index (χ0n) is 6.95. The van der Waals surface area contributed by atoms with Crippen LogP contribution in [0.2, 0.25) is 0 Å². The highest BCUT2D eigenvalue weighted by Gasteiger charge is 2.28. The Morgan fingerprint density at radius 2 is 2.00 bits per heavy atom. The Bertz CT molecular complexity index is 225. The van der Waals surface area contributed by atoms with Crippen molar-refractivity contribution in [3.05, 3.63) is 0 Å². The lowest BCUT2D eigenvalue weighted by Crippen LogP contribution is -2.47. The molecule has 0 aliphatic carbocycles. The molecule has 0 aromatic heterocycles. The first-order valence-electron chi connectivity index (χ1n) is 3.80. The minimum Gasteiger partial charge on any atom is -0.195 e. The molecule has 0 amide bonds. The second-order valence-electron chi connectivity index (χ2n) is 2.67. The molecule has 1 aliphatic rings. The molecule has 11 heavy (non-hydrogen) atoms. The number of nitrogens with zero attached hydrogens (tertiary/aromatic N) is 2. The van der Waals surface area contributed by atoms with Crippen molar-refractivity contribution >= 4 is 10.2 Å². The van der Waals surface area contributed by atoms with E-state index in [0.717, 1.165) is 6.42 Å². The zero-order chi connectivity index (χ0) is 8.48. The minimum atomic E-state index is -3.09. The van der Waals surface area contributed by atoms with Crippen LogP contribution in [0.25, 0.3) is 0 Å². The van der Waals surface area contributed by atoms with Crippen molar-refractivity contribution < 1.29 is 8.42 Å². The average Bonchev–Trinajstić information content (AvgIpc) is 1.95. The van der Waals surface area contributed by atoms with Gasteiger partial charge in [0.1, 0.15) is 0 Å². The molecule has 0 aromatic rings. The molecule has 0 atom stereocenters. The van der Waals surface area contributed by atoms with E-state index in [9.17, 15) is 8.42 Å². The molecule has 0 N–H and O–H groups in total. The van der Waals surface area contributed by atoms with Crippen LogP contribution in [-0.2, 0) is 10.2 Å². The summed E-state index contributed by atoms with van der Waals surface area (Å²) < 4.78 is 25.7. The van der Waals surface area contributed by atoms with Gasteiger partial charge < -0.3 is 0 Å². The molecule has 0 saturated carbocycles. The van der Waals surface area contributed by atoms with Crippen LogP contribution in [0.1, 0.15) is 13.3 Å². The van der Waals surface area contributed by atoms with E-state index >= 15 is 0 Å². The van der Waals surface area contributed by atoms with Crippen molar-refractivity contribution in [3.63, 3.8) is 0 Å². The second kappa shape index (κ2) is 3.08. The van der Waals surface area contributed by atoms with E-state index in [0.29, 0.717) is 19.6 Å². The number of hydrogen-bond acceptors (Lipinski definition) is 2. The second-order valence-corrected chi connectivity index (χ2v) is 4.71. The predicted octanol–water partition coefficient (Wildman–Crippen LogP) is -0.111. The molecular weight excluding hydrogens is 164 g/mol. The molecule has 0 unspecified atom stereocenters. The molecule has 0 aromatic carbocycles. The minimum absolute atomic E-state index is 0.576. The normalized spacial score (nSPS) is 27.1. The van der Waals surface area contributed by atoms with Gasteiger partial charge in [0.25, 0.3) is 10.2 Å². The molecule has 1 fully saturated rings. The highest BCUT2D eigenvalue weighted by molar-refractivity contribution is 7.86. The first-order valence-corrected chi connectivity index (χ1v) is 5.20. The summed E-state index contributed by atoms with van der Waals surface area (Å²) in [6.07, 6.45) is 0.934. The van der Waals surface area contributed by atoms with Crippen LogP contribution < -0.4 is 0 Å². The van der Waals surface area contributed by atoms with Crippen molar-refractivity contribution in [2.45, 2.75) is 13.3 Å². The molecule has 1 saturated heterocycles. The van der Waals surface area contributed by atoms with Gasteiger partial charge in [-0.05, 0) is 6.42 Å². The van der Waals surface area contributed by atoms with Gasteiger partial charge in [0.05, 0.1) is 0 Å². The van der Waals surface area contributed by atoms with Crippen LogP contribution in [0.4, 0.5) is 0 Å². The predicted molar refractivity (Wildman–Crippen MR) is 43.4 cm³/mol. The highest BCUT2D eigenvalue weighted by atomic mass is 32.2. The third-order valence-corrected chi connectivity index (χ3v) is 4.02. The topological polar surface area (TPSA) is 40.6 Å². The van der Waals surface area contributed by atoms with Gasteiger partial charge >= 0.3 is 0 Å². The van der Waals surface area contributed by atoms with Crippen molar-refractivity contribution in [3.8, 4) is 0 Å². The molecule has 1 heterocycles. The summed E-state index contributed by atoms with van der Waals surface area (Å²) in [4.78, 5) is 0. The van der Waals surface area contributed by atoms with Crippen LogP contribution in [0.5, 0.6) is 0 Å². The Kier molecular flexibility index (Phi) is 2.51. The van der Waals surface area contributed by atoms with E-state index in [1.165, 1.54) is 8.61 Å². The Balaban J connectivity index is 2.82. The SMILES string of the molecule is CCN1CCCN(C)S1(=O)=O. The van der Waals surface area contributed by atoms with Gasteiger partial charge in [-0.15, -0.1) is 0 Å². The quantitative estimate of drug-likeness (QED) is 0.562. The maximum Gasteiger partial charge on any atom is 0.281 e. The standard InChI is InChI=1S/C6H14N2O2S/c1-3-8-6-4-5-7(2)11(8,9)10/h3-6H2,1-2H3. The maximum absolute atomic E-state index is 11.4. The summed E-state index contributed by atoms with van der Waals surface area (Å²) in [7, 11) is -1.46. The fourth-order valence-electron chi connectivity index (χ4n) is 1.22. The van der Waals surface area contributed by atoms with Gasteiger partial charge in [-0.2, -0.15) is 17.0 Å². The number of hydrogen-bond donors (Lipinski definition) is 0. The van der Waals surface area contributed by atoms with E-state index in [1.54, 1.807) is 7.05 Å². The molecule has 0 spiro atoms. The number of rotatable bonds is 1. The highest BCUT2D eigenvalue weighted by Crippen LogP contribution is 2.12. The molecule has 4 nitrogen and oxygen atoms in total. The van der Waals surface area contributed by atoms with E-state index in [-0.39, 0.29) is 0 Å². The Morgan fingerprint density at radius 1 is 1.36 bits per heavy atom. The summed E-state index contributed by atoms with van der Waals surface area (Å²) in [5.41, 5.74) is 0. The Morgan fingerprint density at radius 3 is 2.45 bits per heavy atom. The fourth-order valence-corrected chi connectivity index (χ4v) is 2.66. The van der Waals surface area contributed by atoms with E-state index < -0.39 is 10.2 Å². The van der Waals surface area contributed by atoms with Crippen LogP contribution in [0.15, 0.2) is 0 Å². The summed E-state index contributed by atoms with van der Waals surface area (Å²) in [5, 5.41) is 0. The summed E-state index contributed by atoms with van der Waals surface area (Å²) >= 11 is 0. The summed E-state index contributed by atoms with van der Waals surface area (Å²) in [6.45, 7) is 3.76. The van der Waals surface area contributed by atoms with Crippen molar-refractivity contribution in [1.82, 2.24) is 8.61 Å². The van der Waals surface area contributed by atoms with Crippen LogP contribution >= 0.6 is 0 Å². The molecule has 66 valence electrons. The maximum atomic E-state index is 11.4. The van der Waals surface area contributed by atoms with Gasteiger partial charge in [0.2, 0.25) is 0 Å². The first kappa shape index (κ1) is 8.96. The third kappa shape index (κ3) is 1.55. The van der Waals surface area contributed by atoms with Crippen LogP contribution in [0, 0.1) is 0 Å². The van der Waals surface area contributed by atoms with Crippen molar-refractivity contribution in [2.75, 3.05) is 26.7 Å². The Hall–Kier alpha value is -0.130. The van der Waals surface area contributed by atoms with Crippen molar-refractivity contribution in [2.24, 2.45) is 0 Å². The van der Waals surface area contributed by atoms with Crippen molar-refractivity contribution in [1.29, 1.82) is 0 Å². The summed E-state index contributed by atoms with van der Waals surface area (Å²) in [5.74, 6) is 0. The average molecular weight is 178 g/mol. The monoisotopic (exact) mass is 178 g/mol. The zero-order valence-corrected chi connectivity index (χ0v) is 7.76. The molecule has 1 aliphatic heterocycles. The fraction of sp³-hybridized carbons (Fsp3) is 1.00. The molecule has 0 radical (unpaired) electrons. The molecule has 1 rings (SSSR count). The molecule has 5 heteroatoms. The largest absolute Gasteiger partial charge is 0.281 e. The Labute approximate surface area is 68.0 Å². The van der Waals surface area contributed by atoms with Gasteiger partial charge in [-0.25, -0.2) is 0 Å². The van der Waals surface area contributed by atoms with E-state index in [1.807, 2.05) is 6.92 Å². The van der Waals surface area contributed by atoms with Gasteiger partial charge in [0.15, 0.2) is 0 Å². The third-order valence-electron chi connectivity index (χ3n) is 1.95. The smallest absolute Gasteiger partial charge is 0.195 e. The van der Waals surface area contributed by atoms with E-state index in [2.05, 4.69) is 0 Å². The lowest BCUT2D eigenvalue weighted by molar-refractivity contribution is 0.315. The molecular formula is C6H14N2O2S. The lowest BCUT2D eigenvalue weighted by Gasteiger charge is -2.31. The first-order chi connectivity index (χ1) is 5.09. The lowest BCUT2D eigenvalue weighted by atomic mass is 10.4. The molecule has 0 bridgehead atoms. The van der Waals surface area contributed by atoms with Gasteiger partial charge in [0, 0.05) is 26.7 Å². The van der Waals surface area contributed by atoms with Crippen LogP contribution in [0.3, 0.4) is 0 Å². The van der Waals surface area contributed by atoms with Gasteiger partial charge in [-0.3, -0.25) is 0 Å². The van der Waals surface area contributed by atoms with Crippen LogP contribution in [-0.4, -0.2) is 43.7 Å².